The smallest absolute Gasteiger partial charge is 0.137 e. The first-order valence-corrected chi connectivity index (χ1v) is 9.10. The summed E-state index contributed by atoms with van der Waals surface area (Å²) in [4.78, 5) is 0. The van der Waals surface area contributed by atoms with E-state index in [0.29, 0.717) is 16.4 Å². The summed E-state index contributed by atoms with van der Waals surface area (Å²) < 4.78 is 14.0. The molecule has 118 valence electrons. The average Bonchev–Trinajstić information content (AvgIpc) is 2.49. The summed E-state index contributed by atoms with van der Waals surface area (Å²) in [6.07, 6.45) is 7.45. The Kier molecular flexibility index (Phi) is 6.69. The Morgan fingerprint density at radius 1 is 1.29 bits per heavy atom. The second kappa shape index (κ2) is 8.28. The molecule has 1 aromatic rings. The van der Waals surface area contributed by atoms with Gasteiger partial charge in [-0.15, -0.1) is 0 Å². The SMILES string of the molecule is CCCNC1CCC(CC)CC1Cc1ccc(F)c(Br)c1. The Morgan fingerprint density at radius 3 is 2.76 bits per heavy atom. The fraction of sp³-hybridized carbons (Fsp3) is 0.667. The van der Waals surface area contributed by atoms with Crippen molar-refractivity contribution in [2.24, 2.45) is 11.8 Å². The summed E-state index contributed by atoms with van der Waals surface area (Å²) in [6, 6.07) is 6.08. The van der Waals surface area contributed by atoms with E-state index in [9.17, 15) is 4.39 Å². The van der Waals surface area contributed by atoms with Crippen LogP contribution in [0.3, 0.4) is 0 Å². The Labute approximate surface area is 136 Å². The van der Waals surface area contributed by atoms with Gasteiger partial charge in [-0.3, -0.25) is 0 Å². The van der Waals surface area contributed by atoms with Gasteiger partial charge < -0.3 is 5.32 Å². The molecule has 1 nitrogen and oxygen atoms in total. The van der Waals surface area contributed by atoms with Crippen molar-refractivity contribution in [2.75, 3.05) is 6.54 Å². The molecule has 0 spiro atoms. The first-order chi connectivity index (χ1) is 10.1. The summed E-state index contributed by atoms with van der Waals surface area (Å²) in [5.74, 6) is 1.36. The summed E-state index contributed by atoms with van der Waals surface area (Å²) in [5, 5.41) is 3.73. The van der Waals surface area contributed by atoms with E-state index in [1.807, 2.05) is 12.1 Å². The monoisotopic (exact) mass is 355 g/mol. The molecule has 0 aromatic heterocycles. The molecule has 1 aliphatic carbocycles. The Morgan fingerprint density at radius 2 is 2.10 bits per heavy atom. The predicted octanol–water partition coefficient (Wildman–Crippen LogP) is 5.33. The van der Waals surface area contributed by atoms with Crippen molar-refractivity contribution in [1.29, 1.82) is 0 Å². The van der Waals surface area contributed by atoms with Gasteiger partial charge in [-0.1, -0.05) is 26.3 Å². The maximum absolute atomic E-state index is 13.4. The Bertz CT molecular complexity index is 449. The fourth-order valence-corrected chi connectivity index (χ4v) is 3.95. The van der Waals surface area contributed by atoms with Crippen LogP contribution in [0, 0.1) is 17.7 Å². The first kappa shape index (κ1) is 17.0. The summed E-state index contributed by atoms with van der Waals surface area (Å²) in [5.41, 5.74) is 1.24. The van der Waals surface area contributed by atoms with Gasteiger partial charge in [0.05, 0.1) is 4.47 Å². The van der Waals surface area contributed by atoms with E-state index in [1.165, 1.54) is 37.7 Å². The van der Waals surface area contributed by atoms with Crippen LogP contribution in [-0.2, 0) is 6.42 Å². The maximum atomic E-state index is 13.4. The van der Waals surface area contributed by atoms with Crippen LogP contribution in [0.15, 0.2) is 22.7 Å². The lowest BCUT2D eigenvalue weighted by atomic mass is 9.74. The third-order valence-corrected chi connectivity index (χ3v) is 5.41. The third-order valence-electron chi connectivity index (χ3n) is 4.81. The molecule has 0 saturated heterocycles. The van der Waals surface area contributed by atoms with Crippen molar-refractivity contribution < 1.29 is 4.39 Å². The molecule has 1 aromatic carbocycles. The molecule has 0 aliphatic heterocycles. The van der Waals surface area contributed by atoms with Crippen molar-refractivity contribution in [1.82, 2.24) is 5.32 Å². The van der Waals surface area contributed by atoms with Crippen LogP contribution in [0.2, 0.25) is 0 Å². The van der Waals surface area contributed by atoms with Crippen LogP contribution in [0.25, 0.3) is 0 Å². The molecule has 1 fully saturated rings. The molecule has 0 heterocycles. The lowest BCUT2D eigenvalue weighted by Crippen LogP contribution is -2.41. The quantitative estimate of drug-likeness (QED) is 0.727. The van der Waals surface area contributed by atoms with Crippen molar-refractivity contribution in [3.05, 3.63) is 34.1 Å². The number of halogens is 2. The molecule has 1 aliphatic rings. The highest BCUT2D eigenvalue weighted by molar-refractivity contribution is 9.10. The van der Waals surface area contributed by atoms with Gasteiger partial charge in [0.25, 0.3) is 0 Å². The minimum atomic E-state index is -0.172. The van der Waals surface area contributed by atoms with E-state index in [4.69, 9.17) is 0 Å². The Hall–Kier alpha value is -0.410. The van der Waals surface area contributed by atoms with Crippen molar-refractivity contribution in [3.63, 3.8) is 0 Å². The molecule has 21 heavy (non-hydrogen) atoms. The molecule has 3 heteroatoms. The van der Waals surface area contributed by atoms with Crippen LogP contribution in [0.5, 0.6) is 0 Å². The molecular formula is C18H27BrFN. The second-order valence-electron chi connectivity index (χ2n) is 6.36. The highest BCUT2D eigenvalue weighted by Gasteiger charge is 2.29. The normalized spacial score (nSPS) is 26.0. The van der Waals surface area contributed by atoms with Gasteiger partial charge in [0.1, 0.15) is 5.82 Å². The molecule has 1 saturated carbocycles. The zero-order chi connectivity index (χ0) is 15.2. The zero-order valence-electron chi connectivity index (χ0n) is 13.2. The number of benzene rings is 1. The van der Waals surface area contributed by atoms with E-state index < -0.39 is 0 Å². The molecular weight excluding hydrogens is 329 g/mol. The molecule has 0 radical (unpaired) electrons. The predicted molar refractivity (Wildman–Crippen MR) is 91.0 cm³/mol. The van der Waals surface area contributed by atoms with Gasteiger partial charge in [-0.05, 0) is 84.1 Å². The van der Waals surface area contributed by atoms with E-state index >= 15 is 0 Å². The lowest BCUT2D eigenvalue weighted by Gasteiger charge is -2.37. The number of hydrogen-bond donors (Lipinski definition) is 1. The molecule has 0 bridgehead atoms. The van der Waals surface area contributed by atoms with Gasteiger partial charge >= 0.3 is 0 Å². The summed E-state index contributed by atoms with van der Waals surface area (Å²) in [6.45, 7) is 5.62. The second-order valence-corrected chi connectivity index (χ2v) is 7.21. The maximum Gasteiger partial charge on any atom is 0.137 e. The van der Waals surface area contributed by atoms with Crippen molar-refractivity contribution in [3.8, 4) is 0 Å². The van der Waals surface area contributed by atoms with Crippen molar-refractivity contribution >= 4 is 15.9 Å². The van der Waals surface area contributed by atoms with Gasteiger partial charge in [-0.25, -0.2) is 4.39 Å². The third kappa shape index (κ3) is 4.79. The minimum Gasteiger partial charge on any atom is -0.314 e. The number of hydrogen-bond acceptors (Lipinski definition) is 1. The van der Waals surface area contributed by atoms with Crippen LogP contribution in [-0.4, -0.2) is 12.6 Å². The lowest BCUT2D eigenvalue weighted by molar-refractivity contribution is 0.198. The Balaban J connectivity index is 2.05. The van der Waals surface area contributed by atoms with Crippen LogP contribution >= 0.6 is 15.9 Å². The molecule has 0 amide bonds. The van der Waals surface area contributed by atoms with Gasteiger partial charge in [0.2, 0.25) is 0 Å². The van der Waals surface area contributed by atoms with E-state index in [2.05, 4.69) is 35.1 Å². The highest BCUT2D eigenvalue weighted by Crippen LogP contribution is 2.34. The molecule has 3 atom stereocenters. The van der Waals surface area contributed by atoms with Gasteiger partial charge in [0.15, 0.2) is 0 Å². The van der Waals surface area contributed by atoms with Crippen molar-refractivity contribution in [2.45, 2.75) is 58.4 Å². The highest BCUT2D eigenvalue weighted by atomic mass is 79.9. The summed E-state index contributed by atoms with van der Waals surface area (Å²) in [7, 11) is 0. The average molecular weight is 356 g/mol. The first-order valence-electron chi connectivity index (χ1n) is 8.31. The summed E-state index contributed by atoms with van der Waals surface area (Å²) >= 11 is 3.30. The van der Waals surface area contributed by atoms with E-state index in [-0.39, 0.29) is 5.82 Å². The molecule has 3 unspecified atom stereocenters. The zero-order valence-corrected chi connectivity index (χ0v) is 14.8. The topological polar surface area (TPSA) is 12.0 Å². The fourth-order valence-electron chi connectivity index (χ4n) is 3.53. The van der Waals surface area contributed by atoms with Crippen LogP contribution in [0.4, 0.5) is 4.39 Å². The number of nitrogens with one attached hydrogen (secondary N) is 1. The van der Waals surface area contributed by atoms with Gasteiger partial charge in [-0.2, -0.15) is 0 Å². The minimum absolute atomic E-state index is 0.172. The largest absolute Gasteiger partial charge is 0.314 e. The van der Waals surface area contributed by atoms with Gasteiger partial charge in [0, 0.05) is 6.04 Å². The van der Waals surface area contributed by atoms with E-state index in [1.54, 1.807) is 6.07 Å². The van der Waals surface area contributed by atoms with Crippen LogP contribution < -0.4 is 5.32 Å². The van der Waals surface area contributed by atoms with Crippen LogP contribution in [0.1, 0.15) is 51.5 Å². The molecule has 1 N–H and O–H groups in total. The molecule has 2 rings (SSSR count). The standard InChI is InChI=1S/C18H27BrFN/c1-3-9-21-18-8-6-13(4-2)10-15(18)11-14-5-7-17(20)16(19)12-14/h5,7,12-13,15,18,21H,3-4,6,8-11H2,1-2H3. The number of rotatable bonds is 6. The van der Waals surface area contributed by atoms with E-state index in [0.717, 1.165) is 18.9 Å².